The lowest BCUT2D eigenvalue weighted by Gasteiger charge is -2.23. The van der Waals surface area contributed by atoms with Crippen LogP contribution in [-0.2, 0) is 4.74 Å². The summed E-state index contributed by atoms with van der Waals surface area (Å²) in [5.74, 6) is 0.755. The molecule has 1 atom stereocenters. The first-order chi connectivity index (χ1) is 11.7. The number of hydrogen-bond acceptors (Lipinski definition) is 6. The average molecular weight is 345 g/mol. The monoisotopic (exact) mass is 344 g/mol. The van der Waals surface area contributed by atoms with E-state index >= 15 is 0 Å². The second-order valence-electron chi connectivity index (χ2n) is 5.71. The SMILES string of the molecule is Nc1nc(Nc2ccc(Cl)cc2)c2ncn(C3CCCCO3)c2n1. The maximum atomic E-state index is 5.92. The molecule has 0 amide bonds. The van der Waals surface area contributed by atoms with Crippen molar-refractivity contribution in [1.82, 2.24) is 19.5 Å². The number of nitrogen functional groups attached to an aromatic ring is 1. The molecule has 2 aromatic heterocycles. The summed E-state index contributed by atoms with van der Waals surface area (Å²) in [6.45, 7) is 0.751. The van der Waals surface area contributed by atoms with E-state index in [0.717, 1.165) is 31.6 Å². The fourth-order valence-electron chi connectivity index (χ4n) is 2.84. The van der Waals surface area contributed by atoms with Gasteiger partial charge in [0, 0.05) is 17.3 Å². The Bertz CT molecular complexity index is 857. The fourth-order valence-corrected chi connectivity index (χ4v) is 2.97. The molecule has 1 fully saturated rings. The molecule has 4 rings (SSSR count). The molecule has 3 heterocycles. The van der Waals surface area contributed by atoms with Crippen LogP contribution in [0.3, 0.4) is 0 Å². The molecule has 1 aliphatic rings. The smallest absolute Gasteiger partial charge is 0.224 e. The number of benzene rings is 1. The minimum Gasteiger partial charge on any atom is -0.368 e. The molecule has 0 spiro atoms. The minimum atomic E-state index is -0.0542. The zero-order chi connectivity index (χ0) is 16.5. The number of nitrogens with two attached hydrogens (primary N) is 1. The van der Waals surface area contributed by atoms with E-state index in [1.165, 1.54) is 0 Å². The first-order valence-corrected chi connectivity index (χ1v) is 8.23. The van der Waals surface area contributed by atoms with Gasteiger partial charge in [0.05, 0.1) is 6.33 Å². The number of nitrogens with one attached hydrogen (secondary N) is 1. The fraction of sp³-hybridized carbons (Fsp3) is 0.312. The molecule has 0 aliphatic carbocycles. The third kappa shape index (κ3) is 2.88. The van der Waals surface area contributed by atoms with E-state index in [-0.39, 0.29) is 12.2 Å². The van der Waals surface area contributed by atoms with Crippen LogP contribution in [0.25, 0.3) is 11.2 Å². The molecule has 24 heavy (non-hydrogen) atoms. The quantitative estimate of drug-likeness (QED) is 0.755. The number of halogens is 1. The van der Waals surface area contributed by atoms with Gasteiger partial charge in [-0.1, -0.05) is 11.6 Å². The Morgan fingerprint density at radius 1 is 1.21 bits per heavy atom. The summed E-state index contributed by atoms with van der Waals surface area (Å²) in [5.41, 5.74) is 8.08. The Labute approximate surface area is 143 Å². The van der Waals surface area contributed by atoms with Crippen molar-refractivity contribution in [1.29, 1.82) is 0 Å². The Hall–Kier alpha value is -2.38. The highest BCUT2D eigenvalue weighted by atomic mass is 35.5. The maximum absolute atomic E-state index is 5.92. The summed E-state index contributed by atoms with van der Waals surface area (Å²) in [7, 11) is 0. The van der Waals surface area contributed by atoms with Crippen molar-refractivity contribution >= 4 is 40.2 Å². The highest BCUT2D eigenvalue weighted by Gasteiger charge is 2.21. The molecular formula is C16H17ClN6O. The van der Waals surface area contributed by atoms with Gasteiger partial charge >= 0.3 is 0 Å². The van der Waals surface area contributed by atoms with Crippen molar-refractivity contribution in [2.45, 2.75) is 25.5 Å². The lowest BCUT2D eigenvalue weighted by Crippen LogP contribution is -2.18. The van der Waals surface area contributed by atoms with Crippen LogP contribution >= 0.6 is 11.6 Å². The number of hydrogen-bond donors (Lipinski definition) is 2. The van der Waals surface area contributed by atoms with Crippen LogP contribution in [0.2, 0.25) is 5.02 Å². The summed E-state index contributed by atoms with van der Waals surface area (Å²) >= 11 is 5.92. The van der Waals surface area contributed by atoms with Crippen molar-refractivity contribution in [3.63, 3.8) is 0 Å². The molecule has 1 unspecified atom stereocenters. The molecule has 0 radical (unpaired) electrons. The lowest BCUT2D eigenvalue weighted by molar-refractivity contribution is -0.0298. The third-order valence-corrected chi connectivity index (χ3v) is 4.26. The van der Waals surface area contributed by atoms with Gasteiger partial charge < -0.3 is 15.8 Å². The van der Waals surface area contributed by atoms with Crippen molar-refractivity contribution in [3.05, 3.63) is 35.6 Å². The second kappa shape index (κ2) is 6.26. The number of fused-ring (bicyclic) bond motifs is 1. The van der Waals surface area contributed by atoms with Gasteiger partial charge in [-0.25, -0.2) is 4.98 Å². The summed E-state index contributed by atoms with van der Waals surface area (Å²) in [6.07, 6.45) is 4.84. The first kappa shape index (κ1) is 15.2. The summed E-state index contributed by atoms with van der Waals surface area (Å²) in [6, 6.07) is 7.35. The molecular weight excluding hydrogens is 328 g/mol. The van der Waals surface area contributed by atoms with Gasteiger partial charge in [0.25, 0.3) is 0 Å². The normalized spacial score (nSPS) is 18.0. The van der Waals surface area contributed by atoms with Crippen molar-refractivity contribution in [3.8, 4) is 0 Å². The topological polar surface area (TPSA) is 90.9 Å². The van der Waals surface area contributed by atoms with Crippen molar-refractivity contribution < 1.29 is 4.74 Å². The molecule has 124 valence electrons. The van der Waals surface area contributed by atoms with Gasteiger partial charge in [-0.05, 0) is 43.5 Å². The van der Waals surface area contributed by atoms with Crippen LogP contribution in [0, 0.1) is 0 Å². The van der Waals surface area contributed by atoms with Gasteiger partial charge in [0.15, 0.2) is 17.0 Å². The number of nitrogens with zero attached hydrogens (tertiary/aromatic N) is 4. The van der Waals surface area contributed by atoms with Gasteiger partial charge in [0.2, 0.25) is 5.95 Å². The molecule has 3 N–H and O–H groups in total. The van der Waals surface area contributed by atoms with E-state index in [9.17, 15) is 0 Å². The predicted molar refractivity (Wildman–Crippen MR) is 93.3 cm³/mol. The van der Waals surface area contributed by atoms with Crippen molar-refractivity contribution in [2.24, 2.45) is 0 Å². The van der Waals surface area contributed by atoms with E-state index in [0.29, 0.717) is 22.0 Å². The van der Waals surface area contributed by atoms with E-state index in [2.05, 4.69) is 20.3 Å². The molecule has 1 aromatic carbocycles. The van der Waals surface area contributed by atoms with E-state index in [1.54, 1.807) is 18.5 Å². The van der Waals surface area contributed by atoms with Crippen LogP contribution < -0.4 is 11.1 Å². The first-order valence-electron chi connectivity index (χ1n) is 7.85. The second-order valence-corrected chi connectivity index (χ2v) is 6.14. The Kier molecular flexibility index (Phi) is 3.95. The number of ether oxygens (including phenoxy) is 1. The van der Waals surface area contributed by atoms with Gasteiger partial charge in [0.1, 0.15) is 6.23 Å². The van der Waals surface area contributed by atoms with E-state index in [1.807, 2.05) is 16.7 Å². The van der Waals surface area contributed by atoms with Crippen LogP contribution in [0.15, 0.2) is 30.6 Å². The Morgan fingerprint density at radius 3 is 2.79 bits per heavy atom. The number of imidazole rings is 1. The van der Waals surface area contributed by atoms with Crippen LogP contribution in [0.5, 0.6) is 0 Å². The third-order valence-electron chi connectivity index (χ3n) is 4.01. The van der Waals surface area contributed by atoms with E-state index in [4.69, 9.17) is 22.1 Å². The van der Waals surface area contributed by atoms with E-state index < -0.39 is 0 Å². The van der Waals surface area contributed by atoms with Crippen molar-refractivity contribution in [2.75, 3.05) is 17.7 Å². The molecule has 3 aromatic rings. The summed E-state index contributed by atoms with van der Waals surface area (Å²) < 4.78 is 7.76. The van der Waals surface area contributed by atoms with Gasteiger partial charge in [-0.3, -0.25) is 4.57 Å². The highest BCUT2D eigenvalue weighted by Crippen LogP contribution is 2.29. The van der Waals surface area contributed by atoms with Gasteiger partial charge in [-0.15, -0.1) is 0 Å². The largest absolute Gasteiger partial charge is 0.368 e. The molecule has 0 bridgehead atoms. The Morgan fingerprint density at radius 2 is 2.04 bits per heavy atom. The molecule has 0 saturated carbocycles. The van der Waals surface area contributed by atoms with Crippen LogP contribution in [0.1, 0.15) is 25.5 Å². The molecule has 1 saturated heterocycles. The standard InChI is InChI=1S/C16H17ClN6O/c17-10-4-6-11(7-5-10)20-14-13-15(22-16(18)21-14)23(9-19-13)12-3-1-2-8-24-12/h4-7,9,12H,1-3,8H2,(H3,18,20,21,22). The number of anilines is 3. The maximum Gasteiger partial charge on any atom is 0.224 e. The van der Waals surface area contributed by atoms with Gasteiger partial charge in [-0.2, -0.15) is 9.97 Å². The summed E-state index contributed by atoms with van der Waals surface area (Å²) in [4.78, 5) is 13.1. The molecule has 7 nitrogen and oxygen atoms in total. The lowest BCUT2D eigenvalue weighted by atomic mass is 10.2. The minimum absolute atomic E-state index is 0.0542. The van der Waals surface area contributed by atoms with Crippen LogP contribution in [0.4, 0.5) is 17.5 Å². The Balaban J connectivity index is 1.73. The number of aromatic nitrogens is 4. The average Bonchev–Trinajstić information content (AvgIpc) is 3.01. The summed E-state index contributed by atoms with van der Waals surface area (Å²) in [5, 5.41) is 3.90. The zero-order valence-corrected chi connectivity index (χ0v) is 13.7. The molecule has 1 aliphatic heterocycles. The molecule has 8 heteroatoms. The van der Waals surface area contributed by atoms with Crippen LogP contribution in [-0.4, -0.2) is 26.1 Å². The predicted octanol–water partition coefficient (Wildman–Crippen LogP) is 3.50. The highest BCUT2D eigenvalue weighted by molar-refractivity contribution is 6.30. The number of rotatable bonds is 3. The zero-order valence-electron chi connectivity index (χ0n) is 12.9.